The zero-order valence-corrected chi connectivity index (χ0v) is 12.0. The molecular weight excluding hydrogens is 274 g/mol. The second kappa shape index (κ2) is 6.15. The fourth-order valence-corrected chi connectivity index (χ4v) is 2.53. The number of benzene rings is 2. The molecule has 2 aromatic rings. The Labute approximate surface area is 129 Å². The summed E-state index contributed by atoms with van der Waals surface area (Å²) < 4.78 is 0. The number of nitrogens with zero attached hydrogens (tertiary/aromatic N) is 2. The number of carbonyl (C=O) groups excluding carboxylic acids is 1. The molecule has 1 aliphatic rings. The van der Waals surface area contributed by atoms with E-state index in [4.69, 9.17) is 0 Å². The Bertz CT molecular complexity index is 745. The molecule has 0 saturated carbocycles. The molecule has 108 valence electrons. The molecule has 1 heterocycles. The molecule has 4 nitrogen and oxygen atoms in total. The Morgan fingerprint density at radius 2 is 1.68 bits per heavy atom. The number of anilines is 1. The zero-order valence-electron chi connectivity index (χ0n) is 12.0. The topological polar surface area (TPSA) is 56.1 Å². The minimum atomic E-state index is -0.256. The lowest BCUT2D eigenvalue weighted by atomic mass is 10.0. The van der Waals surface area contributed by atoms with E-state index in [-0.39, 0.29) is 11.4 Å². The van der Waals surface area contributed by atoms with Gasteiger partial charge in [0.15, 0.2) is 0 Å². The highest BCUT2D eigenvalue weighted by Crippen LogP contribution is 2.23. The molecule has 0 spiro atoms. The standard InChI is InChI=1S/C18H15N3O/c19-13-16(17(22)14-7-3-1-4-8-14)18-20-11-12-21(18)15-9-5-2-6-10-15/h1-10,20H,11-12H2/b18-16-. The molecule has 2 aromatic carbocycles. The molecule has 1 fully saturated rings. The minimum absolute atomic E-state index is 0.146. The second-order valence-electron chi connectivity index (χ2n) is 4.94. The summed E-state index contributed by atoms with van der Waals surface area (Å²) in [7, 11) is 0. The Morgan fingerprint density at radius 1 is 1.05 bits per heavy atom. The normalized spacial score (nSPS) is 15.9. The SMILES string of the molecule is N#C/C(C(=O)c1ccccc1)=C1\NCCN1c1ccccc1. The summed E-state index contributed by atoms with van der Waals surface area (Å²) in [5, 5.41) is 12.7. The van der Waals surface area contributed by atoms with Crippen molar-refractivity contribution >= 4 is 11.5 Å². The molecule has 1 saturated heterocycles. The number of carbonyl (C=O) groups is 1. The average molecular weight is 289 g/mol. The lowest BCUT2D eigenvalue weighted by Gasteiger charge is -2.20. The first-order valence-corrected chi connectivity index (χ1v) is 7.12. The van der Waals surface area contributed by atoms with Gasteiger partial charge >= 0.3 is 0 Å². The van der Waals surface area contributed by atoms with E-state index >= 15 is 0 Å². The number of para-hydroxylation sites is 1. The predicted molar refractivity (Wildman–Crippen MR) is 85.2 cm³/mol. The highest BCUT2D eigenvalue weighted by molar-refractivity contribution is 6.12. The fraction of sp³-hybridized carbons (Fsp3) is 0.111. The minimum Gasteiger partial charge on any atom is -0.368 e. The summed E-state index contributed by atoms with van der Waals surface area (Å²) in [6.07, 6.45) is 0. The summed E-state index contributed by atoms with van der Waals surface area (Å²) in [5.41, 5.74) is 1.64. The van der Waals surface area contributed by atoms with Crippen molar-refractivity contribution in [3.63, 3.8) is 0 Å². The number of ketones is 1. The van der Waals surface area contributed by atoms with Crippen LogP contribution < -0.4 is 10.2 Å². The number of allylic oxidation sites excluding steroid dienone is 1. The Hall–Kier alpha value is -3.06. The quantitative estimate of drug-likeness (QED) is 0.536. The first kappa shape index (κ1) is 13.9. The average Bonchev–Trinajstić information content (AvgIpc) is 3.06. The third-order valence-corrected chi connectivity index (χ3v) is 3.58. The molecule has 0 amide bonds. The van der Waals surface area contributed by atoms with Crippen LogP contribution in [0.4, 0.5) is 5.69 Å². The van der Waals surface area contributed by atoms with Crippen molar-refractivity contribution in [1.29, 1.82) is 5.26 Å². The van der Waals surface area contributed by atoms with Gasteiger partial charge in [0.25, 0.3) is 0 Å². The van der Waals surface area contributed by atoms with Crippen molar-refractivity contribution in [2.24, 2.45) is 0 Å². The molecule has 3 rings (SSSR count). The van der Waals surface area contributed by atoms with Crippen molar-refractivity contribution in [3.8, 4) is 6.07 Å². The number of Topliss-reactive ketones (excluding diaryl/α,β-unsaturated/α-hetero) is 1. The summed E-state index contributed by atoms with van der Waals surface area (Å²) in [5.74, 6) is 0.330. The van der Waals surface area contributed by atoms with Crippen LogP contribution in [0.2, 0.25) is 0 Å². The van der Waals surface area contributed by atoms with Crippen LogP contribution in [-0.4, -0.2) is 18.9 Å². The van der Waals surface area contributed by atoms with Crippen LogP contribution in [0.1, 0.15) is 10.4 Å². The molecule has 1 aliphatic heterocycles. The van der Waals surface area contributed by atoms with Gasteiger partial charge in [0.2, 0.25) is 5.78 Å². The van der Waals surface area contributed by atoms with Crippen molar-refractivity contribution in [3.05, 3.63) is 77.6 Å². The molecule has 0 radical (unpaired) electrons. The predicted octanol–water partition coefficient (Wildman–Crippen LogP) is 2.71. The van der Waals surface area contributed by atoms with E-state index in [1.807, 2.05) is 41.3 Å². The maximum atomic E-state index is 12.6. The number of rotatable bonds is 3. The van der Waals surface area contributed by atoms with E-state index in [9.17, 15) is 10.1 Å². The van der Waals surface area contributed by atoms with Crippen LogP contribution in [0, 0.1) is 11.3 Å². The van der Waals surface area contributed by atoms with E-state index < -0.39 is 0 Å². The first-order chi connectivity index (χ1) is 10.8. The van der Waals surface area contributed by atoms with Gasteiger partial charge in [0, 0.05) is 24.3 Å². The van der Waals surface area contributed by atoms with Crippen molar-refractivity contribution < 1.29 is 4.79 Å². The Morgan fingerprint density at radius 3 is 2.32 bits per heavy atom. The van der Waals surface area contributed by atoms with E-state index in [1.165, 1.54) is 0 Å². The van der Waals surface area contributed by atoms with Gasteiger partial charge in [-0.15, -0.1) is 0 Å². The lowest BCUT2D eigenvalue weighted by molar-refractivity contribution is 0.103. The van der Waals surface area contributed by atoms with E-state index in [0.29, 0.717) is 17.9 Å². The second-order valence-corrected chi connectivity index (χ2v) is 4.94. The summed E-state index contributed by atoms with van der Waals surface area (Å²) in [6.45, 7) is 1.43. The van der Waals surface area contributed by atoms with Gasteiger partial charge in [0.1, 0.15) is 17.5 Å². The largest absolute Gasteiger partial charge is 0.368 e. The molecule has 22 heavy (non-hydrogen) atoms. The summed E-state index contributed by atoms with van der Waals surface area (Å²) in [6, 6.07) is 20.7. The Balaban J connectivity index is 2.02. The monoisotopic (exact) mass is 289 g/mol. The summed E-state index contributed by atoms with van der Waals surface area (Å²) in [4.78, 5) is 14.6. The number of nitrogens with one attached hydrogen (secondary N) is 1. The number of nitriles is 1. The molecular formula is C18H15N3O. The van der Waals surface area contributed by atoms with Gasteiger partial charge in [-0.1, -0.05) is 48.5 Å². The lowest BCUT2D eigenvalue weighted by Crippen LogP contribution is -2.23. The molecule has 0 aromatic heterocycles. The maximum absolute atomic E-state index is 12.6. The van der Waals surface area contributed by atoms with Crippen LogP contribution >= 0.6 is 0 Å². The highest BCUT2D eigenvalue weighted by Gasteiger charge is 2.26. The fourth-order valence-electron chi connectivity index (χ4n) is 2.53. The van der Waals surface area contributed by atoms with E-state index in [1.54, 1.807) is 24.3 Å². The van der Waals surface area contributed by atoms with Gasteiger partial charge in [0.05, 0.1) is 0 Å². The third-order valence-electron chi connectivity index (χ3n) is 3.58. The highest BCUT2D eigenvalue weighted by atomic mass is 16.1. The smallest absolute Gasteiger partial charge is 0.207 e. The van der Waals surface area contributed by atoms with E-state index in [0.717, 1.165) is 12.2 Å². The van der Waals surface area contributed by atoms with Crippen molar-refractivity contribution in [2.75, 3.05) is 18.0 Å². The molecule has 0 unspecified atom stereocenters. The van der Waals surface area contributed by atoms with Gasteiger partial charge < -0.3 is 10.2 Å². The van der Waals surface area contributed by atoms with Crippen LogP contribution in [0.5, 0.6) is 0 Å². The van der Waals surface area contributed by atoms with Crippen LogP contribution in [0.15, 0.2) is 72.1 Å². The molecule has 0 bridgehead atoms. The molecule has 4 heteroatoms. The molecule has 0 aliphatic carbocycles. The van der Waals surface area contributed by atoms with Crippen LogP contribution in [0.25, 0.3) is 0 Å². The van der Waals surface area contributed by atoms with Crippen molar-refractivity contribution in [1.82, 2.24) is 5.32 Å². The van der Waals surface area contributed by atoms with E-state index in [2.05, 4.69) is 11.4 Å². The third kappa shape index (κ3) is 2.57. The molecule has 1 N–H and O–H groups in total. The van der Waals surface area contributed by atoms with Gasteiger partial charge in [-0.2, -0.15) is 5.26 Å². The van der Waals surface area contributed by atoms with Gasteiger partial charge in [-0.3, -0.25) is 4.79 Å². The Kier molecular flexibility index (Phi) is 3.88. The molecule has 0 atom stereocenters. The number of hydrogen-bond donors (Lipinski definition) is 1. The van der Waals surface area contributed by atoms with Crippen LogP contribution in [-0.2, 0) is 0 Å². The maximum Gasteiger partial charge on any atom is 0.207 e. The van der Waals surface area contributed by atoms with Crippen LogP contribution in [0.3, 0.4) is 0 Å². The van der Waals surface area contributed by atoms with Gasteiger partial charge in [-0.05, 0) is 12.1 Å². The first-order valence-electron chi connectivity index (χ1n) is 7.12. The van der Waals surface area contributed by atoms with Crippen molar-refractivity contribution in [2.45, 2.75) is 0 Å². The summed E-state index contributed by atoms with van der Waals surface area (Å²) >= 11 is 0. The zero-order chi connectivity index (χ0) is 15.4. The number of hydrogen-bond acceptors (Lipinski definition) is 4. The van der Waals surface area contributed by atoms with Gasteiger partial charge in [-0.25, -0.2) is 0 Å².